The molecule has 2 aromatic heterocycles. The third-order valence-electron chi connectivity index (χ3n) is 4.74. The maximum atomic E-state index is 12.7. The van der Waals surface area contributed by atoms with E-state index in [0.29, 0.717) is 26.2 Å². The minimum absolute atomic E-state index is 0.0947. The number of piperazine rings is 1. The topological polar surface area (TPSA) is 90.0 Å². The van der Waals surface area contributed by atoms with Gasteiger partial charge in [0.25, 0.3) is 0 Å². The van der Waals surface area contributed by atoms with Crippen molar-refractivity contribution in [1.82, 2.24) is 24.8 Å². The number of hydrogen-bond donors (Lipinski definition) is 2. The van der Waals surface area contributed by atoms with Crippen molar-refractivity contribution in [3.05, 3.63) is 54.2 Å². The Morgan fingerprint density at radius 2 is 1.82 bits per heavy atom. The summed E-state index contributed by atoms with van der Waals surface area (Å²) in [6, 6.07) is 9.59. The van der Waals surface area contributed by atoms with Crippen LogP contribution in [0.1, 0.15) is 11.4 Å². The molecule has 28 heavy (non-hydrogen) atoms. The Balaban J connectivity index is 1.37. The highest BCUT2D eigenvalue weighted by Gasteiger charge is 2.23. The quantitative estimate of drug-likeness (QED) is 0.732. The van der Waals surface area contributed by atoms with Gasteiger partial charge in [-0.15, -0.1) is 0 Å². The summed E-state index contributed by atoms with van der Waals surface area (Å²) in [4.78, 5) is 32.8. The van der Waals surface area contributed by atoms with E-state index in [1.54, 1.807) is 12.5 Å². The normalized spacial score (nSPS) is 14.2. The highest BCUT2D eigenvalue weighted by atomic mass is 16.2. The van der Waals surface area contributed by atoms with Crippen LogP contribution < -0.4 is 10.2 Å². The molecule has 1 fully saturated rings. The van der Waals surface area contributed by atoms with Gasteiger partial charge in [0.2, 0.25) is 5.95 Å². The predicted molar refractivity (Wildman–Crippen MR) is 108 cm³/mol. The maximum Gasteiger partial charge on any atom is 0.321 e. The first-order chi connectivity index (χ1) is 13.6. The second-order valence-corrected chi connectivity index (χ2v) is 6.90. The van der Waals surface area contributed by atoms with Crippen molar-refractivity contribution in [2.24, 2.45) is 0 Å². The first-order valence-corrected chi connectivity index (χ1v) is 9.30. The summed E-state index contributed by atoms with van der Waals surface area (Å²) < 4.78 is 0. The van der Waals surface area contributed by atoms with Gasteiger partial charge >= 0.3 is 6.03 Å². The lowest BCUT2D eigenvalue weighted by Crippen LogP contribution is -2.50. The van der Waals surface area contributed by atoms with E-state index in [0.717, 1.165) is 34.3 Å². The van der Waals surface area contributed by atoms with Crippen molar-refractivity contribution in [1.29, 1.82) is 0 Å². The largest absolute Gasteiger partial charge is 0.345 e. The Kier molecular flexibility index (Phi) is 4.92. The van der Waals surface area contributed by atoms with Crippen molar-refractivity contribution in [3.63, 3.8) is 0 Å². The molecule has 0 aliphatic carbocycles. The number of hydrogen-bond acceptors (Lipinski definition) is 5. The first kappa shape index (κ1) is 18.0. The molecular weight excluding hydrogens is 354 g/mol. The zero-order valence-corrected chi connectivity index (χ0v) is 16.0. The molecule has 0 saturated carbocycles. The molecule has 0 spiro atoms. The van der Waals surface area contributed by atoms with E-state index >= 15 is 0 Å². The second-order valence-electron chi connectivity index (χ2n) is 6.90. The second kappa shape index (κ2) is 7.67. The average molecular weight is 377 g/mol. The number of H-pyrrole nitrogens is 1. The molecule has 2 amide bonds. The van der Waals surface area contributed by atoms with E-state index in [9.17, 15) is 4.79 Å². The minimum atomic E-state index is -0.0947. The Hall–Kier alpha value is -3.42. The van der Waals surface area contributed by atoms with Crippen LogP contribution in [0.3, 0.4) is 0 Å². The molecule has 8 heteroatoms. The van der Waals surface area contributed by atoms with Crippen LogP contribution in [-0.2, 0) is 0 Å². The van der Waals surface area contributed by atoms with Gasteiger partial charge in [0.05, 0.1) is 18.2 Å². The predicted octanol–water partition coefficient (Wildman–Crippen LogP) is 2.84. The number of nitrogens with zero attached hydrogens (tertiary/aromatic N) is 5. The molecule has 2 N–H and O–H groups in total. The average Bonchev–Trinajstić information content (AvgIpc) is 3.22. The van der Waals surface area contributed by atoms with E-state index in [1.807, 2.05) is 49.1 Å². The molecular formula is C20H23N7O. The van der Waals surface area contributed by atoms with Gasteiger partial charge in [-0.25, -0.2) is 19.7 Å². The molecule has 0 unspecified atom stereocenters. The molecule has 0 radical (unpaired) electrons. The van der Waals surface area contributed by atoms with Gasteiger partial charge in [-0.2, -0.15) is 0 Å². The van der Waals surface area contributed by atoms with E-state index in [2.05, 4.69) is 30.2 Å². The molecule has 8 nitrogen and oxygen atoms in total. The number of imidazole rings is 1. The number of aromatic amines is 1. The van der Waals surface area contributed by atoms with E-state index in [-0.39, 0.29) is 6.03 Å². The van der Waals surface area contributed by atoms with Gasteiger partial charge in [0.1, 0.15) is 0 Å². The molecule has 144 valence electrons. The summed E-state index contributed by atoms with van der Waals surface area (Å²) in [6.07, 6.45) is 3.40. The monoisotopic (exact) mass is 377 g/mol. The van der Waals surface area contributed by atoms with Crippen LogP contribution in [0.2, 0.25) is 0 Å². The summed E-state index contributed by atoms with van der Waals surface area (Å²) in [6.45, 7) is 6.62. The fourth-order valence-corrected chi connectivity index (χ4v) is 3.34. The number of carbonyl (C=O) groups is 1. The van der Waals surface area contributed by atoms with E-state index in [1.165, 1.54) is 0 Å². The highest BCUT2D eigenvalue weighted by Crippen LogP contribution is 2.21. The molecule has 0 atom stereocenters. The summed E-state index contributed by atoms with van der Waals surface area (Å²) in [5, 5.41) is 2.99. The zero-order valence-electron chi connectivity index (χ0n) is 16.0. The number of anilines is 2. The smallest absolute Gasteiger partial charge is 0.321 e. The van der Waals surface area contributed by atoms with Crippen LogP contribution in [0.4, 0.5) is 16.4 Å². The molecule has 0 bridgehead atoms. The number of amides is 2. The van der Waals surface area contributed by atoms with Gasteiger partial charge in [-0.05, 0) is 32.0 Å². The number of benzene rings is 1. The fraction of sp³-hybridized carbons (Fsp3) is 0.300. The highest BCUT2D eigenvalue weighted by molar-refractivity contribution is 5.90. The lowest BCUT2D eigenvalue weighted by molar-refractivity contribution is 0.208. The van der Waals surface area contributed by atoms with Gasteiger partial charge < -0.3 is 20.1 Å². The van der Waals surface area contributed by atoms with E-state index < -0.39 is 0 Å². The van der Waals surface area contributed by atoms with Crippen LogP contribution in [-0.4, -0.2) is 57.0 Å². The molecule has 1 aliphatic heterocycles. The molecule has 1 aromatic carbocycles. The van der Waals surface area contributed by atoms with Crippen LogP contribution in [0.25, 0.3) is 11.3 Å². The van der Waals surface area contributed by atoms with E-state index in [4.69, 9.17) is 0 Å². The van der Waals surface area contributed by atoms with Gasteiger partial charge in [-0.3, -0.25) is 0 Å². The number of rotatable bonds is 3. The Labute approximate surface area is 163 Å². The van der Waals surface area contributed by atoms with Crippen molar-refractivity contribution in [3.8, 4) is 11.3 Å². The molecule has 1 aliphatic rings. The van der Waals surface area contributed by atoms with Crippen LogP contribution >= 0.6 is 0 Å². The van der Waals surface area contributed by atoms with Crippen LogP contribution in [0.15, 0.2) is 42.9 Å². The van der Waals surface area contributed by atoms with Crippen molar-refractivity contribution in [2.75, 3.05) is 36.4 Å². The van der Waals surface area contributed by atoms with Crippen LogP contribution in [0, 0.1) is 13.8 Å². The fourth-order valence-electron chi connectivity index (χ4n) is 3.34. The SMILES string of the molecule is Cc1cc(C)nc(N2CCN(C(=O)Nc3cccc(-c4cnc[nH]4)c3)CC2)n1. The van der Waals surface area contributed by atoms with Crippen molar-refractivity contribution >= 4 is 17.7 Å². The number of urea groups is 1. The third-order valence-corrected chi connectivity index (χ3v) is 4.74. The standard InChI is InChI=1S/C20H23N7O/c1-14-10-15(2)24-19(23-14)26-6-8-27(9-7-26)20(28)25-17-5-3-4-16(11-17)18-12-21-13-22-18/h3-5,10-13H,6-9H2,1-2H3,(H,21,22)(H,25,28). The van der Waals surface area contributed by atoms with Gasteiger partial charge in [0, 0.05) is 48.8 Å². The number of aromatic nitrogens is 4. The van der Waals surface area contributed by atoms with Gasteiger partial charge in [-0.1, -0.05) is 12.1 Å². The zero-order chi connectivity index (χ0) is 19.5. The number of nitrogens with one attached hydrogen (secondary N) is 2. The van der Waals surface area contributed by atoms with Crippen molar-refractivity contribution < 1.29 is 4.79 Å². The Morgan fingerprint density at radius 3 is 2.50 bits per heavy atom. The van der Waals surface area contributed by atoms with Crippen LogP contribution in [0.5, 0.6) is 0 Å². The van der Waals surface area contributed by atoms with Gasteiger partial charge in [0.15, 0.2) is 0 Å². The summed E-state index contributed by atoms with van der Waals surface area (Å²) in [5.74, 6) is 0.741. The number of carbonyl (C=O) groups excluding carboxylic acids is 1. The third kappa shape index (κ3) is 3.95. The molecule has 4 rings (SSSR count). The minimum Gasteiger partial charge on any atom is -0.345 e. The molecule has 1 saturated heterocycles. The summed E-state index contributed by atoms with van der Waals surface area (Å²) >= 11 is 0. The summed E-state index contributed by atoms with van der Waals surface area (Å²) in [5.41, 5.74) is 4.57. The lowest BCUT2D eigenvalue weighted by atomic mass is 10.1. The molecule has 3 heterocycles. The van der Waals surface area contributed by atoms with Crippen molar-refractivity contribution in [2.45, 2.75) is 13.8 Å². The maximum absolute atomic E-state index is 12.7. The Bertz CT molecular complexity index is 942. The first-order valence-electron chi connectivity index (χ1n) is 9.30. The summed E-state index contributed by atoms with van der Waals surface area (Å²) in [7, 11) is 0. The molecule has 3 aromatic rings. The Morgan fingerprint density at radius 1 is 1.07 bits per heavy atom. The lowest BCUT2D eigenvalue weighted by Gasteiger charge is -2.34. The number of aryl methyl sites for hydroxylation is 2.